The van der Waals surface area contributed by atoms with Gasteiger partial charge in [-0.3, -0.25) is 4.79 Å². The van der Waals surface area contributed by atoms with Crippen molar-refractivity contribution in [2.24, 2.45) is 0 Å². The zero-order valence-electron chi connectivity index (χ0n) is 11.9. The highest BCUT2D eigenvalue weighted by Crippen LogP contribution is 2.34. The van der Waals surface area contributed by atoms with Gasteiger partial charge >= 0.3 is 0 Å². The van der Waals surface area contributed by atoms with Gasteiger partial charge in [0.2, 0.25) is 5.91 Å². The van der Waals surface area contributed by atoms with Gasteiger partial charge in [0.05, 0.1) is 18.6 Å². The number of amides is 1. The van der Waals surface area contributed by atoms with Crippen molar-refractivity contribution in [3.05, 3.63) is 0 Å². The molecule has 0 aromatic heterocycles. The first-order valence-electron chi connectivity index (χ1n) is 7.51. The second-order valence-corrected chi connectivity index (χ2v) is 5.72. The molecular formula is C14H24F2N2O2. The summed E-state index contributed by atoms with van der Waals surface area (Å²) < 4.78 is 28.8. The van der Waals surface area contributed by atoms with Crippen LogP contribution in [-0.4, -0.2) is 55.6 Å². The van der Waals surface area contributed by atoms with Crippen LogP contribution in [0, 0.1) is 0 Å². The summed E-state index contributed by atoms with van der Waals surface area (Å²) >= 11 is 0. The van der Waals surface area contributed by atoms with Gasteiger partial charge in [0.25, 0.3) is 6.43 Å². The standard InChI is InChI=1S/C14H24F2N2O2/c15-12(16)10-20-9-4-13(19)18-8-7-17-11-14(18)5-2-1-3-6-14/h12,17H,1-11H2. The van der Waals surface area contributed by atoms with Crippen LogP contribution in [0.1, 0.15) is 38.5 Å². The number of nitrogens with one attached hydrogen (secondary N) is 1. The SMILES string of the molecule is O=C(CCOCC(F)F)N1CCNCC12CCCCC2. The van der Waals surface area contributed by atoms with Crippen LogP contribution >= 0.6 is 0 Å². The number of alkyl halides is 2. The van der Waals surface area contributed by atoms with E-state index >= 15 is 0 Å². The van der Waals surface area contributed by atoms with Gasteiger partial charge < -0.3 is 15.0 Å². The van der Waals surface area contributed by atoms with Crippen molar-refractivity contribution in [2.75, 3.05) is 32.8 Å². The quantitative estimate of drug-likeness (QED) is 0.785. The van der Waals surface area contributed by atoms with Gasteiger partial charge in [0, 0.05) is 19.6 Å². The lowest BCUT2D eigenvalue weighted by Gasteiger charge is -2.50. The van der Waals surface area contributed by atoms with Crippen molar-refractivity contribution in [2.45, 2.75) is 50.5 Å². The average molecular weight is 290 g/mol. The zero-order chi connectivity index (χ0) is 14.4. The number of carbonyl (C=O) groups is 1. The normalized spacial score (nSPS) is 22.4. The Bertz CT molecular complexity index is 312. The number of hydrogen-bond donors (Lipinski definition) is 1. The van der Waals surface area contributed by atoms with E-state index in [0.29, 0.717) is 6.54 Å². The highest BCUT2D eigenvalue weighted by molar-refractivity contribution is 5.77. The molecule has 0 radical (unpaired) electrons. The second kappa shape index (κ2) is 7.31. The predicted molar refractivity (Wildman–Crippen MR) is 71.8 cm³/mol. The van der Waals surface area contributed by atoms with Crippen molar-refractivity contribution in [3.8, 4) is 0 Å². The highest BCUT2D eigenvalue weighted by atomic mass is 19.3. The molecule has 1 saturated heterocycles. The van der Waals surface area contributed by atoms with Crippen molar-refractivity contribution in [1.82, 2.24) is 10.2 Å². The summed E-state index contributed by atoms with van der Waals surface area (Å²) in [7, 11) is 0. The number of piperazine rings is 1. The van der Waals surface area contributed by atoms with Crippen LogP contribution in [0.4, 0.5) is 8.78 Å². The fourth-order valence-electron chi connectivity index (χ4n) is 3.36. The van der Waals surface area contributed by atoms with Crippen molar-refractivity contribution in [3.63, 3.8) is 0 Å². The molecule has 2 aliphatic rings. The van der Waals surface area contributed by atoms with Gasteiger partial charge in [-0.05, 0) is 12.8 Å². The number of nitrogens with zero attached hydrogens (tertiary/aromatic N) is 1. The maximum atomic E-state index is 12.3. The summed E-state index contributed by atoms with van der Waals surface area (Å²) in [6, 6.07) is 0. The molecule has 2 rings (SSSR count). The fraction of sp³-hybridized carbons (Fsp3) is 0.929. The molecule has 1 aliphatic carbocycles. The van der Waals surface area contributed by atoms with Gasteiger partial charge in [-0.1, -0.05) is 19.3 Å². The van der Waals surface area contributed by atoms with E-state index in [1.807, 2.05) is 4.90 Å². The maximum Gasteiger partial charge on any atom is 0.261 e. The van der Waals surface area contributed by atoms with Crippen LogP contribution in [-0.2, 0) is 9.53 Å². The lowest BCUT2D eigenvalue weighted by molar-refractivity contribution is -0.142. The Morgan fingerprint density at radius 3 is 2.75 bits per heavy atom. The van der Waals surface area contributed by atoms with E-state index in [0.717, 1.165) is 38.8 Å². The molecule has 1 aliphatic heterocycles. The summed E-state index contributed by atoms with van der Waals surface area (Å²) in [5, 5.41) is 3.39. The zero-order valence-corrected chi connectivity index (χ0v) is 11.9. The van der Waals surface area contributed by atoms with Crippen LogP contribution < -0.4 is 5.32 Å². The maximum absolute atomic E-state index is 12.3. The minimum Gasteiger partial charge on any atom is -0.375 e. The predicted octanol–water partition coefficient (Wildman–Crippen LogP) is 1.79. The Kier molecular flexibility index (Phi) is 5.72. The number of hydrogen-bond acceptors (Lipinski definition) is 3. The molecule has 6 heteroatoms. The smallest absolute Gasteiger partial charge is 0.261 e. The molecule has 1 heterocycles. The first kappa shape index (κ1) is 15.6. The van der Waals surface area contributed by atoms with Gasteiger partial charge in [-0.2, -0.15) is 0 Å². The monoisotopic (exact) mass is 290 g/mol. The summed E-state index contributed by atoms with van der Waals surface area (Å²) in [4.78, 5) is 14.3. The summed E-state index contributed by atoms with van der Waals surface area (Å²) in [5.74, 6) is 0.0441. The lowest BCUT2D eigenvalue weighted by atomic mass is 9.79. The van der Waals surface area contributed by atoms with E-state index in [9.17, 15) is 13.6 Å². The van der Waals surface area contributed by atoms with Crippen molar-refractivity contribution in [1.29, 1.82) is 0 Å². The molecular weight excluding hydrogens is 266 g/mol. The third-order valence-corrected chi connectivity index (χ3v) is 4.33. The van der Waals surface area contributed by atoms with E-state index in [-0.39, 0.29) is 24.5 Å². The van der Waals surface area contributed by atoms with E-state index in [4.69, 9.17) is 4.74 Å². The van der Waals surface area contributed by atoms with E-state index < -0.39 is 13.0 Å². The molecule has 0 aromatic carbocycles. The first-order valence-corrected chi connectivity index (χ1v) is 7.51. The molecule has 0 unspecified atom stereocenters. The Morgan fingerprint density at radius 2 is 2.05 bits per heavy atom. The van der Waals surface area contributed by atoms with Gasteiger partial charge in [-0.25, -0.2) is 8.78 Å². The van der Waals surface area contributed by atoms with Crippen LogP contribution in [0.25, 0.3) is 0 Å². The van der Waals surface area contributed by atoms with E-state index in [1.54, 1.807) is 0 Å². The summed E-state index contributed by atoms with van der Waals surface area (Å²) in [6.45, 7) is 1.89. The number of ether oxygens (including phenoxy) is 1. The van der Waals surface area contributed by atoms with E-state index in [1.165, 1.54) is 6.42 Å². The van der Waals surface area contributed by atoms with Crippen LogP contribution in [0.3, 0.4) is 0 Å². The largest absolute Gasteiger partial charge is 0.375 e. The van der Waals surface area contributed by atoms with Crippen molar-refractivity contribution >= 4 is 5.91 Å². The average Bonchev–Trinajstić information content (AvgIpc) is 2.44. The fourth-order valence-corrected chi connectivity index (χ4v) is 3.36. The van der Waals surface area contributed by atoms with Crippen LogP contribution in [0.2, 0.25) is 0 Å². The van der Waals surface area contributed by atoms with Gasteiger partial charge in [0.1, 0.15) is 6.61 Å². The minimum atomic E-state index is -2.46. The highest BCUT2D eigenvalue weighted by Gasteiger charge is 2.41. The summed E-state index contributed by atoms with van der Waals surface area (Å²) in [6.07, 6.45) is 3.39. The molecule has 0 aromatic rings. The summed E-state index contributed by atoms with van der Waals surface area (Å²) in [5.41, 5.74) is -0.0453. The second-order valence-electron chi connectivity index (χ2n) is 5.72. The van der Waals surface area contributed by atoms with Crippen molar-refractivity contribution < 1.29 is 18.3 Å². The third-order valence-electron chi connectivity index (χ3n) is 4.33. The van der Waals surface area contributed by atoms with Gasteiger partial charge in [0.15, 0.2) is 0 Å². The molecule has 1 spiro atoms. The topological polar surface area (TPSA) is 41.6 Å². The van der Waals surface area contributed by atoms with Gasteiger partial charge in [-0.15, -0.1) is 0 Å². The molecule has 2 fully saturated rings. The number of rotatable bonds is 5. The molecule has 4 nitrogen and oxygen atoms in total. The minimum absolute atomic E-state index is 0.0441. The Labute approximate surface area is 118 Å². The molecule has 116 valence electrons. The van der Waals surface area contributed by atoms with E-state index in [2.05, 4.69) is 5.32 Å². The lowest BCUT2D eigenvalue weighted by Crippen LogP contribution is -2.63. The van der Waals surface area contributed by atoms with Crippen LogP contribution in [0.5, 0.6) is 0 Å². The molecule has 0 atom stereocenters. The molecule has 0 bridgehead atoms. The number of halogens is 2. The number of carbonyl (C=O) groups excluding carboxylic acids is 1. The Balaban J connectivity index is 1.85. The molecule has 1 saturated carbocycles. The molecule has 20 heavy (non-hydrogen) atoms. The Morgan fingerprint density at radius 1 is 1.30 bits per heavy atom. The first-order chi connectivity index (χ1) is 9.64. The molecule has 1 N–H and O–H groups in total. The van der Waals surface area contributed by atoms with Crippen LogP contribution in [0.15, 0.2) is 0 Å². The Hall–Kier alpha value is -0.750. The third kappa shape index (κ3) is 3.88. The molecule has 1 amide bonds.